The molecule has 0 bridgehead atoms. The molecule has 1 aromatic rings. The normalized spacial score (nSPS) is 10.7. The van der Waals surface area contributed by atoms with Crippen molar-refractivity contribution in [3.63, 3.8) is 0 Å². The van der Waals surface area contributed by atoms with E-state index in [2.05, 4.69) is 15.9 Å². The van der Waals surface area contributed by atoms with Crippen molar-refractivity contribution in [2.75, 3.05) is 5.33 Å². The van der Waals surface area contributed by atoms with E-state index in [1.807, 2.05) is 0 Å². The molecule has 0 heterocycles. The number of unbranched alkanes of at least 4 members (excludes halogenated alkanes) is 1. The molecule has 0 aromatic heterocycles. The molecule has 1 rings (SSSR count). The Morgan fingerprint density at radius 3 is 2.28 bits per heavy atom. The van der Waals surface area contributed by atoms with Gasteiger partial charge in [-0.2, -0.15) is 0 Å². The van der Waals surface area contributed by atoms with Crippen LogP contribution in [-0.4, -0.2) is 21.3 Å². The molecular weight excluding hydrogens is 319 g/mol. The van der Waals surface area contributed by atoms with Crippen LogP contribution in [0.5, 0.6) is 11.5 Å². The van der Waals surface area contributed by atoms with Crippen molar-refractivity contribution < 1.29 is 15.0 Å². The van der Waals surface area contributed by atoms with E-state index in [-0.39, 0.29) is 27.9 Å². The number of ketones is 1. The van der Waals surface area contributed by atoms with Crippen LogP contribution in [0.15, 0.2) is 0 Å². The molecule has 2 N–H and O–H groups in total. The molecule has 0 aliphatic carbocycles. The van der Waals surface area contributed by atoms with E-state index in [1.165, 1.54) is 0 Å². The maximum atomic E-state index is 12.0. The van der Waals surface area contributed by atoms with Crippen LogP contribution in [0.4, 0.5) is 0 Å². The third-order valence-electron chi connectivity index (χ3n) is 3.00. The molecule has 0 fully saturated rings. The Hall–Kier alpha value is -0.740. The minimum absolute atomic E-state index is 0.0341. The lowest BCUT2D eigenvalue weighted by atomic mass is 9.98. The molecule has 1 aromatic carbocycles. The summed E-state index contributed by atoms with van der Waals surface area (Å²) in [6.07, 6.45) is 1.90. The second kappa shape index (κ2) is 6.43. The number of halogens is 2. The van der Waals surface area contributed by atoms with Gasteiger partial charge in [0, 0.05) is 11.8 Å². The molecule has 18 heavy (non-hydrogen) atoms. The highest BCUT2D eigenvalue weighted by Gasteiger charge is 2.22. The van der Waals surface area contributed by atoms with Gasteiger partial charge in [0.05, 0.1) is 10.6 Å². The van der Waals surface area contributed by atoms with Gasteiger partial charge in [-0.3, -0.25) is 4.79 Å². The lowest BCUT2D eigenvalue weighted by Crippen LogP contribution is -2.03. The zero-order chi connectivity index (χ0) is 13.9. The first kappa shape index (κ1) is 15.3. The van der Waals surface area contributed by atoms with Crippen LogP contribution in [0.25, 0.3) is 0 Å². The highest BCUT2D eigenvalue weighted by molar-refractivity contribution is 9.09. The second-order valence-corrected chi connectivity index (χ2v) is 5.38. The average Bonchev–Trinajstić information content (AvgIpc) is 2.34. The van der Waals surface area contributed by atoms with E-state index < -0.39 is 0 Å². The number of aromatic hydroxyl groups is 2. The second-order valence-electron chi connectivity index (χ2n) is 4.21. The highest BCUT2D eigenvalue weighted by Crippen LogP contribution is 2.40. The Bertz CT molecular complexity index is 443. The molecule has 0 aliphatic rings. The van der Waals surface area contributed by atoms with Crippen molar-refractivity contribution in [2.24, 2.45) is 0 Å². The first-order valence-corrected chi connectivity index (χ1v) is 7.21. The molecule has 0 spiro atoms. The van der Waals surface area contributed by atoms with E-state index >= 15 is 0 Å². The fourth-order valence-electron chi connectivity index (χ4n) is 1.69. The number of rotatable bonds is 5. The van der Waals surface area contributed by atoms with Crippen molar-refractivity contribution >= 4 is 33.3 Å². The number of alkyl halides is 1. The largest absolute Gasteiger partial charge is 0.507 e. The first-order chi connectivity index (χ1) is 8.41. The number of phenolic OH excluding ortho intramolecular Hbond substituents is 2. The van der Waals surface area contributed by atoms with Crippen LogP contribution >= 0.6 is 27.5 Å². The lowest BCUT2D eigenvalue weighted by molar-refractivity contribution is 0.0977. The van der Waals surface area contributed by atoms with Crippen LogP contribution in [-0.2, 0) is 0 Å². The smallest absolute Gasteiger partial charge is 0.168 e. The Labute approximate surface area is 120 Å². The molecule has 5 heteroatoms. The molecule has 0 atom stereocenters. The molecule has 0 aliphatic heterocycles. The minimum Gasteiger partial charge on any atom is -0.507 e. The predicted molar refractivity (Wildman–Crippen MR) is 76.2 cm³/mol. The van der Waals surface area contributed by atoms with Gasteiger partial charge in [0.15, 0.2) is 5.78 Å². The number of carbonyl (C=O) groups is 1. The van der Waals surface area contributed by atoms with Crippen molar-refractivity contribution in [1.29, 1.82) is 0 Å². The molecule has 3 nitrogen and oxygen atoms in total. The Morgan fingerprint density at radius 1 is 1.17 bits per heavy atom. The van der Waals surface area contributed by atoms with Gasteiger partial charge in [-0.25, -0.2) is 0 Å². The highest BCUT2D eigenvalue weighted by atomic mass is 79.9. The molecule has 0 saturated carbocycles. The summed E-state index contributed by atoms with van der Waals surface area (Å²) >= 11 is 9.23. The van der Waals surface area contributed by atoms with Crippen LogP contribution < -0.4 is 0 Å². The fraction of sp³-hybridized carbons (Fsp3) is 0.462. The number of hydrogen-bond acceptors (Lipinski definition) is 3. The third-order valence-corrected chi connectivity index (χ3v) is 3.93. The molecule has 0 radical (unpaired) electrons. The fourth-order valence-corrected chi connectivity index (χ4v) is 2.42. The summed E-state index contributed by atoms with van der Waals surface area (Å²) in [4.78, 5) is 12.0. The lowest BCUT2D eigenvalue weighted by Gasteiger charge is -2.13. The summed E-state index contributed by atoms with van der Waals surface area (Å²) in [5.74, 6) is -0.494. The van der Waals surface area contributed by atoms with Gasteiger partial charge in [-0.05, 0) is 37.8 Å². The maximum Gasteiger partial charge on any atom is 0.168 e. The van der Waals surface area contributed by atoms with E-state index in [9.17, 15) is 15.0 Å². The summed E-state index contributed by atoms with van der Waals surface area (Å²) in [6, 6.07) is 0. The molecule has 0 amide bonds. The summed E-state index contributed by atoms with van der Waals surface area (Å²) in [5.41, 5.74) is 1.02. The molecular formula is C13H16BrClO3. The van der Waals surface area contributed by atoms with Crippen LogP contribution in [0, 0.1) is 13.8 Å². The monoisotopic (exact) mass is 334 g/mol. The van der Waals surface area contributed by atoms with E-state index in [1.54, 1.807) is 13.8 Å². The van der Waals surface area contributed by atoms with Crippen LogP contribution in [0.3, 0.4) is 0 Å². The number of benzene rings is 1. The summed E-state index contributed by atoms with van der Waals surface area (Å²) in [5, 5.41) is 20.6. The number of hydrogen-bond donors (Lipinski definition) is 2. The van der Waals surface area contributed by atoms with Crippen molar-refractivity contribution in [3.05, 3.63) is 21.7 Å². The van der Waals surface area contributed by atoms with Gasteiger partial charge in [-0.15, -0.1) is 0 Å². The quantitative estimate of drug-likeness (QED) is 0.368. The van der Waals surface area contributed by atoms with Crippen LogP contribution in [0.2, 0.25) is 5.02 Å². The third kappa shape index (κ3) is 2.98. The minimum atomic E-state index is -0.239. The summed E-state index contributed by atoms with van der Waals surface area (Å²) in [6.45, 7) is 3.30. The van der Waals surface area contributed by atoms with Gasteiger partial charge in [-0.1, -0.05) is 27.5 Å². The SMILES string of the molecule is Cc1c(C)c(O)c(C(=O)CCCCBr)c(Cl)c1O. The van der Waals surface area contributed by atoms with E-state index in [4.69, 9.17) is 11.6 Å². The van der Waals surface area contributed by atoms with Gasteiger partial charge >= 0.3 is 0 Å². The number of carbonyl (C=O) groups excluding carboxylic acids is 1. The standard InChI is InChI=1S/C13H16BrClO3/c1-7-8(2)13(18)11(15)10(12(7)17)9(16)5-3-4-6-14/h17-18H,3-6H2,1-2H3. The van der Waals surface area contributed by atoms with E-state index in [0.29, 0.717) is 24.0 Å². The zero-order valence-electron chi connectivity index (χ0n) is 10.4. The van der Waals surface area contributed by atoms with Gasteiger partial charge in [0.25, 0.3) is 0 Å². The zero-order valence-corrected chi connectivity index (χ0v) is 12.7. The Morgan fingerprint density at radius 2 is 1.72 bits per heavy atom. The Balaban J connectivity index is 3.13. The summed E-state index contributed by atoms with van der Waals surface area (Å²) in [7, 11) is 0. The van der Waals surface area contributed by atoms with Gasteiger partial charge < -0.3 is 10.2 Å². The predicted octanol–water partition coefficient (Wildman–Crippen LogP) is 4.12. The maximum absolute atomic E-state index is 12.0. The summed E-state index contributed by atoms with van der Waals surface area (Å²) < 4.78 is 0. The van der Waals surface area contributed by atoms with Crippen molar-refractivity contribution in [1.82, 2.24) is 0 Å². The van der Waals surface area contributed by atoms with Crippen molar-refractivity contribution in [3.8, 4) is 11.5 Å². The topological polar surface area (TPSA) is 57.5 Å². The molecule has 0 saturated heterocycles. The van der Waals surface area contributed by atoms with Crippen molar-refractivity contribution in [2.45, 2.75) is 33.1 Å². The van der Waals surface area contributed by atoms with Gasteiger partial charge in [0.2, 0.25) is 0 Å². The number of Topliss-reactive ketones (excluding diaryl/α,β-unsaturated/α-hetero) is 1. The molecule has 0 unspecified atom stereocenters. The van der Waals surface area contributed by atoms with Crippen LogP contribution in [0.1, 0.15) is 40.7 Å². The number of phenols is 2. The first-order valence-electron chi connectivity index (χ1n) is 5.71. The Kier molecular flexibility index (Phi) is 5.47. The van der Waals surface area contributed by atoms with E-state index in [0.717, 1.165) is 11.8 Å². The molecule has 100 valence electrons. The van der Waals surface area contributed by atoms with Gasteiger partial charge in [0.1, 0.15) is 11.5 Å². The average molecular weight is 336 g/mol.